The number of hydrogen-bond donors (Lipinski definition) is 2. The lowest BCUT2D eigenvalue weighted by atomic mass is 10.0. The third kappa shape index (κ3) is 6.21. The van der Waals surface area contributed by atoms with Gasteiger partial charge in [0, 0.05) is 6.42 Å². The van der Waals surface area contributed by atoms with Crippen LogP contribution in [0.3, 0.4) is 0 Å². The Hall–Kier alpha value is -3.08. The van der Waals surface area contributed by atoms with Crippen molar-refractivity contribution in [3.63, 3.8) is 0 Å². The Balaban J connectivity index is 1.66. The van der Waals surface area contributed by atoms with Crippen LogP contribution < -0.4 is 10.1 Å². The lowest BCUT2D eigenvalue weighted by Gasteiger charge is -2.11. The highest BCUT2D eigenvalue weighted by Crippen LogP contribution is 2.28. The van der Waals surface area contributed by atoms with Crippen LogP contribution in [0.1, 0.15) is 49.7 Å². The minimum Gasteiger partial charge on any atom is -0.477 e. The SMILES string of the molecule is Cc1cc(Oc2ccccc2)ccc1/C=C(/NC(=O)CCC1CCCC1)C(=O)O. The molecule has 2 N–H and O–H groups in total. The van der Waals surface area contributed by atoms with Gasteiger partial charge in [-0.2, -0.15) is 0 Å². The quantitative estimate of drug-likeness (QED) is 0.597. The fourth-order valence-corrected chi connectivity index (χ4v) is 3.65. The molecule has 0 radical (unpaired) electrons. The van der Waals surface area contributed by atoms with E-state index in [0.29, 0.717) is 18.1 Å². The van der Waals surface area contributed by atoms with E-state index in [0.717, 1.165) is 23.3 Å². The Labute approximate surface area is 171 Å². The molecule has 3 rings (SSSR count). The molecule has 0 spiro atoms. The fraction of sp³-hybridized carbons (Fsp3) is 0.333. The second-order valence-corrected chi connectivity index (χ2v) is 7.53. The Morgan fingerprint density at radius 3 is 2.48 bits per heavy atom. The monoisotopic (exact) mass is 393 g/mol. The average Bonchev–Trinajstić information content (AvgIpc) is 3.22. The number of aliphatic carboxylic acids is 1. The lowest BCUT2D eigenvalue weighted by molar-refractivity contribution is -0.134. The third-order valence-corrected chi connectivity index (χ3v) is 5.28. The molecule has 29 heavy (non-hydrogen) atoms. The first-order valence-corrected chi connectivity index (χ1v) is 10.1. The average molecular weight is 393 g/mol. The molecule has 0 bridgehead atoms. The number of ether oxygens (including phenoxy) is 1. The van der Waals surface area contributed by atoms with Crippen molar-refractivity contribution in [2.45, 2.75) is 45.4 Å². The van der Waals surface area contributed by atoms with Crippen LogP contribution in [0, 0.1) is 12.8 Å². The Bertz CT molecular complexity index is 883. The summed E-state index contributed by atoms with van der Waals surface area (Å²) in [4.78, 5) is 23.8. The fourth-order valence-electron chi connectivity index (χ4n) is 3.65. The maximum atomic E-state index is 12.2. The van der Waals surface area contributed by atoms with Gasteiger partial charge < -0.3 is 15.2 Å². The summed E-state index contributed by atoms with van der Waals surface area (Å²) in [6.45, 7) is 1.88. The minimum atomic E-state index is -1.15. The first-order chi connectivity index (χ1) is 14.0. The molecule has 1 amide bonds. The molecule has 5 nitrogen and oxygen atoms in total. The summed E-state index contributed by atoms with van der Waals surface area (Å²) < 4.78 is 5.81. The van der Waals surface area contributed by atoms with Gasteiger partial charge in [-0.25, -0.2) is 4.79 Å². The number of amides is 1. The van der Waals surface area contributed by atoms with Crippen molar-refractivity contribution in [3.8, 4) is 11.5 Å². The Kier molecular flexibility index (Phi) is 7.06. The molecule has 5 heteroatoms. The van der Waals surface area contributed by atoms with Crippen molar-refractivity contribution in [1.29, 1.82) is 0 Å². The van der Waals surface area contributed by atoms with Crippen LogP contribution in [-0.2, 0) is 9.59 Å². The number of carboxylic acids is 1. The van der Waals surface area contributed by atoms with Gasteiger partial charge in [0.05, 0.1) is 0 Å². The topological polar surface area (TPSA) is 75.6 Å². The molecule has 0 aliphatic heterocycles. The first-order valence-electron chi connectivity index (χ1n) is 10.1. The number of para-hydroxylation sites is 1. The number of hydrogen-bond acceptors (Lipinski definition) is 3. The maximum absolute atomic E-state index is 12.2. The molecule has 0 heterocycles. The van der Waals surface area contributed by atoms with Crippen LogP contribution in [0.5, 0.6) is 11.5 Å². The van der Waals surface area contributed by atoms with E-state index in [9.17, 15) is 14.7 Å². The van der Waals surface area contributed by atoms with Crippen molar-refractivity contribution in [2.24, 2.45) is 5.92 Å². The maximum Gasteiger partial charge on any atom is 0.352 e. The van der Waals surface area contributed by atoms with Gasteiger partial charge in [-0.05, 0) is 60.7 Å². The van der Waals surface area contributed by atoms with Crippen LogP contribution in [0.4, 0.5) is 0 Å². The summed E-state index contributed by atoms with van der Waals surface area (Å²) in [5, 5.41) is 12.1. The van der Waals surface area contributed by atoms with E-state index in [1.807, 2.05) is 43.3 Å². The molecule has 152 valence electrons. The van der Waals surface area contributed by atoms with E-state index < -0.39 is 5.97 Å². The zero-order chi connectivity index (χ0) is 20.6. The van der Waals surface area contributed by atoms with Gasteiger partial charge in [0.15, 0.2) is 0 Å². The Morgan fingerprint density at radius 1 is 1.10 bits per heavy atom. The zero-order valence-corrected chi connectivity index (χ0v) is 16.7. The Morgan fingerprint density at radius 2 is 1.83 bits per heavy atom. The molecule has 0 saturated heterocycles. The van der Waals surface area contributed by atoms with Crippen molar-refractivity contribution in [2.75, 3.05) is 0 Å². The predicted octanol–water partition coefficient (Wildman–Crippen LogP) is 5.30. The molecule has 0 unspecified atom stereocenters. The van der Waals surface area contributed by atoms with Gasteiger partial charge in [-0.1, -0.05) is 49.9 Å². The van der Waals surface area contributed by atoms with Gasteiger partial charge in [0.1, 0.15) is 17.2 Å². The highest BCUT2D eigenvalue weighted by atomic mass is 16.5. The summed E-state index contributed by atoms with van der Waals surface area (Å²) in [5.41, 5.74) is 1.47. The molecule has 1 aliphatic rings. The van der Waals surface area contributed by atoms with Crippen molar-refractivity contribution < 1.29 is 19.4 Å². The second-order valence-electron chi connectivity index (χ2n) is 7.53. The standard InChI is InChI=1S/C24H27NO4/c1-17-15-21(29-20-9-3-2-4-10-20)13-12-19(17)16-22(24(27)28)25-23(26)14-11-18-7-5-6-8-18/h2-4,9-10,12-13,15-16,18H,5-8,11,14H2,1H3,(H,25,26)(H,27,28)/b22-16+. The number of carbonyl (C=O) groups is 2. The van der Waals surface area contributed by atoms with Gasteiger partial charge >= 0.3 is 5.97 Å². The van der Waals surface area contributed by atoms with E-state index in [-0.39, 0.29) is 11.6 Å². The normalized spacial score (nSPS) is 14.6. The van der Waals surface area contributed by atoms with Crippen molar-refractivity contribution in [3.05, 3.63) is 65.4 Å². The number of rotatable bonds is 8. The second kappa shape index (κ2) is 9.92. The third-order valence-electron chi connectivity index (χ3n) is 5.28. The van der Waals surface area contributed by atoms with Crippen LogP contribution in [0.15, 0.2) is 54.2 Å². The summed E-state index contributed by atoms with van der Waals surface area (Å²) in [5.74, 6) is 0.604. The highest BCUT2D eigenvalue weighted by Gasteiger charge is 2.18. The van der Waals surface area contributed by atoms with E-state index >= 15 is 0 Å². The van der Waals surface area contributed by atoms with Gasteiger partial charge in [-0.3, -0.25) is 4.79 Å². The highest BCUT2D eigenvalue weighted by molar-refractivity contribution is 5.97. The van der Waals surface area contributed by atoms with Gasteiger partial charge in [0.25, 0.3) is 0 Å². The molecular formula is C24H27NO4. The summed E-state index contributed by atoms with van der Waals surface area (Å²) in [6.07, 6.45) is 7.49. The molecule has 2 aromatic rings. The van der Waals surface area contributed by atoms with Crippen LogP contribution in [0.2, 0.25) is 0 Å². The number of carboxylic acid groups (broad SMARTS) is 1. The molecule has 1 aliphatic carbocycles. The van der Waals surface area contributed by atoms with E-state index in [2.05, 4.69) is 5.32 Å². The number of carbonyl (C=O) groups excluding carboxylic acids is 1. The largest absolute Gasteiger partial charge is 0.477 e. The van der Waals surface area contributed by atoms with Gasteiger partial charge in [-0.15, -0.1) is 0 Å². The summed E-state index contributed by atoms with van der Waals surface area (Å²) in [6, 6.07) is 14.9. The predicted molar refractivity (Wildman–Crippen MR) is 113 cm³/mol. The first kappa shape index (κ1) is 20.6. The number of nitrogens with one attached hydrogen (secondary N) is 1. The zero-order valence-electron chi connectivity index (χ0n) is 16.7. The molecule has 0 atom stereocenters. The number of aryl methyl sites for hydroxylation is 1. The van der Waals surface area contributed by atoms with Crippen molar-refractivity contribution >= 4 is 18.0 Å². The van der Waals surface area contributed by atoms with Crippen molar-refractivity contribution in [1.82, 2.24) is 5.32 Å². The summed E-state index contributed by atoms with van der Waals surface area (Å²) in [7, 11) is 0. The molecule has 1 saturated carbocycles. The number of benzene rings is 2. The van der Waals surface area contributed by atoms with Crippen LogP contribution in [-0.4, -0.2) is 17.0 Å². The molecule has 0 aromatic heterocycles. The van der Waals surface area contributed by atoms with E-state index in [1.54, 1.807) is 12.1 Å². The van der Waals surface area contributed by atoms with Gasteiger partial charge in [0.2, 0.25) is 5.91 Å². The smallest absolute Gasteiger partial charge is 0.352 e. The van der Waals surface area contributed by atoms with E-state index in [1.165, 1.54) is 31.8 Å². The molecule has 1 fully saturated rings. The van der Waals surface area contributed by atoms with Crippen LogP contribution in [0.25, 0.3) is 6.08 Å². The van der Waals surface area contributed by atoms with E-state index in [4.69, 9.17) is 4.74 Å². The lowest BCUT2D eigenvalue weighted by Crippen LogP contribution is -2.27. The molecular weight excluding hydrogens is 366 g/mol. The van der Waals surface area contributed by atoms with Crippen LogP contribution >= 0.6 is 0 Å². The molecule has 2 aromatic carbocycles. The summed E-state index contributed by atoms with van der Waals surface area (Å²) >= 11 is 0. The minimum absolute atomic E-state index is 0.110.